The third-order valence-electron chi connectivity index (χ3n) is 5.24. The maximum atomic E-state index is 13.0. The fourth-order valence-electron chi connectivity index (χ4n) is 3.63. The first-order valence-electron chi connectivity index (χ1n) is 8.66. The Balaban J connectivity index is 1.53. The summed E-state index contributed by atoms with van der Waals surface area (Å²) in [5, 5.41) is 8.85. The maximum absolute atomic E-state index is 13.0. The summed E-state index contributed by atoms with van der Waals surface area (Å²) in [6, 6.07) is 5.69. The Hall–Kier alpha value is -2.15. The lowest BCUT2D eigenvalue weighted by Gasteiger charge is -2.50. The van der Waals surface area contributed by atoms with Gasteiger partial charge in [-0.1, -0.05) is 12.1 Å². The van der Waals surface area contributed by atoms with Gasteiger partial charge >= 0.3 is 6.03 Å². The van der Waals surface area contributed by atoms with E-state index in [1.54, 1.807) is 19.2 Å². The highest BCUT2D eigenvalue weighted by molar-refractivity contribution is 5.79. The number of hydrogen-bond acceptors (Lipinski definition) is 3. The van der Waals surface area contributed by atoms with Crippen molar-refractivity contribution in [3.63, 3.8) is 0 Å². The zero-order valence-corrected chi connectivity index (χ0v) is 14.3. The Bertz CT molecular complexity index is 631. The Kier molecular flexibility index (Phi) is 5.22. The van der Waals surface area contributed by atoms with Crippen LogP contribution in [0.3, 0.4) is 0 Å². The number of nitrogens with one attached hydrogen (secondary N) is 3. The summed E-state index contributed by atoms with van der Waals surface area (Å²) in [6.45, 7) is 0.278. The number of ether oxygens (including phenoxy) is 1. The molecule has 3 amide bonds. The number of carbonyl (C=O) groups excluding carboxylic acids is 2. The number of halogens is 1. The molecule has 0 unspecified atom stereocenters. The van der Waals surface area contributed by atoms with E-state index in [1.807, 2.05) is 0 Å². The van der Waals surface area contributed by atoms with Crippen molar-refractivity contribution in [1.82, 2.24) is 16.0 Å². The van der Waals surface area contributed by atoms with E-state index in [-0.39, 0.29) is 42.0 Å². The number of piperidine rings is 1. The smallest absolute Gasteiger partial charge is 0.315 e. The molecule has 136 valence electrons. The minimum Gasteiger partial charge on any atom is -0.375 e. The van der Waals surface area contributed by atoms with Crippen LogP contribution in [0.15, 0.2) is 24.3 Å². The van der Waals surface area contributed by atoms with Crippen molar-refractivity contribution in [3.05, 3.63) is 35.6 Å². The third-order valence-corrected chi connectivity index (χ3v) is 5.24. The summed E-state index contributed by atoms with van der Waals surface area (Å²) in [7, 11) is 1.55. The highest BCUT2D eigenvalue weighted by atomic mass is 19.1. The first kappa shape index (κ1) is 17.7. The Morgan fingerprint density at radius 2 is 2.12 bits per heavy atom. The molecule has 6 nitrogen and oxygen atoms in total. The summed E-state index contributed by atoms with van der Waals surface area (Å²) in [5.74, 6) is -0.247. The normalized spacial score (nSPS) is 22.6. The van der Waals surface area contributed by atoms with E-state index in [1.165, 1.54) is 12.1 Å². The summed E-state index contributed by atoms with van der Waals surface area (Å²) in [4.78, 5) is 23.9. The first-order valence-corrected chi connectivity index (χ1v) is 8.66. The second kappa shape index (κ2) is 7.39. The molecule has 3 N–H and O–H groups in total. The van der Waals surface area contributed by atoms with Gasteiger partial charge in [-0.15, -0.1) is 0 Å². The highest BCUT2D eigenvalue weighted by Crippen LogP contribution is 2.38. The average molecular weight is 349 g/mol. The van der Waals surface area contributed by atoms with Gasteiger partial charge in [0.1, 0.15) is 5.82 Å². The summed E-state index contributed by atoms with van der Waals surface area (Å²) >= 11 is 0. The van der Waals surface area contributed by atoms with Crippen LogP contribution < -0.4 is 16.0 Å². The van der Waals surface area contributed by atoms with Crippen molar-refractivity contribution in [2.75, 3.05) is 13.7 Å². The highest BCUT2D eigenvalue weighted by Gasteiger charge is 2.48. The van der Waals surface area contributed by atoms with Gasteiger partial charge in [-0.25, -0.2) is 9.18 Å². The number of benzene rings is 1. The summed E-state index contributed by atoms with van der Waals surface area (Å²) in [6.07, 6.45) is 3.61. The van der Waals surface area contributed by atoms with Crippen LogP contribution in [-0.4, -0.2) is 37.2 Å². The number of rotatable bonds is 5. The summed E-state index contributed by atoms with van der Waals surface area (Å²) < 4.78 is 18.4. The lowest BCUT2D eigenvalue weighted by molar-refractivity contribution is -0.127. The Labute approximate surface area is 146 Å². The molecule has 1 aromatic rings. The van der Waals surface area contributed by atoms with Crippen LogP contribution >= 0.6 is 0 Å². The molecule has 1 heterocycles. The van der Waals surface area contributed by atoms with Crippen LogP contribution in [0.5, 0.6) is 0 Å². The lowest BCUT2D eigenvalue weighted by Crippen LogP contribution is -2.69. The molecule has 2 fully saturated rings. The molecule has 1 aliphatic heterocycles. The molecule has 1 aliphatic carbocycles. The van der Waals surface area contributed by atoms with Crippen molar-refractivity contribution in [2.24, 2.45) is 0 Å². The maximum Gasteiger partial charge on any atom is 0.315 e. The zero-order valence-electron chi connectivity index (χ0n) is 14.3. The zero-order chi connectivity index (χ0) is 17.9. The molecule has 1 aromatic carbocycles. The van der Waals surface area contributed by atoms with Crippen LogP contribution in [-0.2, 0) is 9.53 Å². The van der Waals surface area contributed by atoms with Crippen molar-refractivity contribution in [1.29, 1.82) is 0 Å². The molecule has 0 radical (unpaired) electrons. The number of urea groups is 1. The third kappa shape index (κ3) is 3.92. The molecule has 0 bridgehead atoms. The number of carbonyl (C=O) groups is 2. The molecule has 1 saturated heterocycles. The molecule has 7 heteroatoms. The standard InChI is InChI=1S/C18H24FN3O3/c1-25-14(12-3-5-13(19)6-4-12)11-20-17(24)21-15-7-8-16(23)22-18(15)9-2-10-18/h3-6,14-15H,2,7-11H2,1H3,(H,22,23)(H2,20,21,24)/t14-,15-/m1/s1. The lowest BCUT2D eigenvalue weighted by atomic mass is 9.68. The number of amides is 3. The van der Waals surface area contributed by atoms with Crippen LogP contribution in [0, 0.1) is 5.82 Å². The van der Waals surface area contributed by atoms with Crippen LogP contribution in [0.25, 0.3) is 0 Å². The van der Waals surface area contributed by atoms with E-state index >= 15 is 0 Å². The second-order valence-electron chi connectivity index (χ2n) is 6.78. The molecule has 2 aliphatic rings. The van der Waals surface area contributed by atoms with Crippen molar-refractivity contribution in [3.8, 4) is 0 Å². The van der Waals surface area contributed by atoms with E-state index in [0.29, 0.717) is 12.8 Å². The van der Waals surface area contributed by atoms with E-state index in [0.717, 1.165) is 24.8 Å². The number of methoxy groups -OCH3 is 1. The van der Waals surface area contributed by atoms with Gasteiger partial charge in [0.05, 0.1) is 17.7 Å². The van der Waals surface area contributed by atoms with Gasteiger partial charge in [0.15, 0.2) is 0 Å². The van der Waals surface area contributed by atoms with Crippen LogP contribution in [0.2, 0.25) is 0 Å². The Morgan fingerprint density at radius 3 is 2.72 bits per heavy atom. The molecule has 1 spiro atoms. The van der Waals surface area contributed by atoms with Crippen molar-refractivity contribution in [2.45, 2.75) is 49.8 Å². The summed E-state index contributed by atoms with van der Waals surface area (Å²) in [5.41, 5.74) is 0.522. The van der Waals surface area contributed by atoms with E-state index < -0.39 is 0 Å². The molecule has 25 heavy (non-hydrogen) atoms. The second-order valence-corrected chi connectivity index (χ2v) is 6.78. The molecule has 1 saturated carbocycles. The van der Waals surface area contributed by atoms with Gasteiger partial charge in [-0.2, -0.15) is 0 Å². The van der Waals surface area contributed by atoms with E-state index in [4.69, 9.17) is 4.74 Å². The minimum atomic E-state index is -0.352. The monoisotopic (exact) mass is 349 g/mol. The van der Waals surface area contributed by atoms with Gasteiger partial charge in [-0.3, -0.25) is 4.79 Å². The fraction of sp³-hybridized carbons (Fsp3) is 0.556. The fourth-order valence-corrected chi connectivity index (χ4v) is 3.63. The first-order chi connectivity index (χ1) is 12.0. The van der Waals surface area contributed by atoms with E-state index in [2.05, 4.69) is 16.0 Å². The molecule has 3 rings (SSSR count). The SMILES string of the molecule is CO[C@H](CNC(=O)N[C@@H]1CCC(=O)NC12CCC2)c1ccc(F)cc1. The van der Waals surface area contributed by atoms with Gasteiger partial charge in [0, 0.05) is 20.1 Å². The predicted octanol–water partition coefficient (Wildman–Crippen LogP) is 2.01. The van der Waals surface area contributed by atoms with Crippen molar-refractivity contribution < 1.29 is 18.7 Å². The largest absolute Gasteiger partial charge is 0.375 e. The van der Waals surface area contributed by atoms with Gasteiger partial charge in [-0.05, 0) is 43.4 Å². The number of hydrogen-bond donors (Lipinski definition) is 3. The quantitative estimate of drug-likeness (QED) is 0.761. The van der Waals surface area contributed by atoms with Crippen LogP contribution in [0.1, 0.15) is 43.8 Å². The molecule has 0 aromatic heterocycles. The Morgan fingerprint density at radius 1 is 1.40 bits per heavy atom. The van der Waals surface area contributed by atoms with Crippen LogP contribution in [0.4, 0.5) is 9.18 Å². The van der Waals surface area contributed by atoms with Gasteiger partial charge in [0.2, 0.25) is 5.91 Å². The molecular formula is C18H24FN3O3. The molecular weight excluding hydrogens is 325 g/mol. The van der Waals surface area contributed by atoms with E-state index in [9.17, 15) is 14.0 Å². The molecule has 2 atom stereocenters. The predicted molar refractivity (Wildman–Crippen MR) is 90.4 cm³/mol. The topological polar surface area (TPSA) is 79.5 Å². The van der Waals surface area contributed by atoms with Gasteiger partial charge in [0.25, 0.3) is 0 Å². The van der Waals surface area contributed by atoms with Gasteiger partial charge < -0.3 is 20.7 Å². The minimum absolute atomic E-state index is 0.0502. The average Bonchev–Trinajstić information content (AvgIpc) is 2.57. The van der Waals surface area contributed by atoms with Crippen molar-refractivity contribution >= 4 is 11.9 Å².